The lowest BCUT2D eigenvalue weighted by atomic mass is 9.93. The van der Waals surface area contributed by atoms with Crippen molar-refractivity contribution in [3.8, 4) is 5.75 Å². The summed E-state index contributed by atoms with van der Waals surface area (Å²) in [6.07, 6.45) is 5.39. The molecule has 0 radical (unpaired) electrons. The zero-order valence-electron chi connectivity index (χ0n) is 13.4. The highest BCUT2D eigenvalue weighted by molar-refractivity contribution is 5.45. The van der Waals surface area contributed by atoms with Crippen LogP contribution < -0.4 is 0 Å². The van der Waals surface area contributed by atoms with Crippen LogP contribution in [0.4, 0.5) is 0 Å². The molecule has 0 saturated carbocycles. The first-order valence-corrected chi connectivity index (χ1v) is 7.93. The lowest BCUT2D eigenvalue weighted by Crippen LogP contribution is -2.36. The monoisotopic (exact) mass is 320 g/mol. The number of aliphatic hydroxyl groups excluding tert-OH is 2. The molecule has 1 heterocycles. The number of allylic oxidation sites excluding steroid dienone is 1. The fraction of sp³-hybridized carbons (Fsp3) is 0.444. The van der Waals surface area contributed by atoms with Gasteiger partial charge in [0.2, 0.25) is 5.79 Å². The van der Waals surface area contributed by atoms with Crippen molar-refractivity contribution in [3.05, 3.63) is 53.3 Å². The predicted molar refractivity (Wildman–Crippen MR) is 87.1 cm³/mol. The average molecular weight is 320 g/mol. The van der Waals surface area contributed by atoms with E-state index in [-0.39, 0.29) is 18.1 Å². The van der Waals surface area contributed by atoms with Crippen molar-refractivity contribution in [1.29, 1.82) is 0 Å². The van der Waals surface area contributed by atoms with E-state index in [1.54, 1.807) is 30.3 Å². The number of phenols is 1. The number of para-hydroxylation sites is 1. The van der Waals surface area contributed by atoms with Crippen LogP contribution in [0, 0.1) is 0 Å². The van der Waals surface area contributed by atoms with Crippen molar-refractivity contribution in [3.63, 3.8) is 0 Å². The van der Waals surface area contributed by atoms with Crippen LogP contribution >= 0.6 is 0 Å². The molecular weight excluding hydrogens is 296 g/mol. The topological polar surface area (TPSA) is 79.2 Å². The summed E-state index contributed by atoms with van der Waals surface area (Å²) in [6, 6.07) is 6.78. The van der Waals surface area contributed by atoms with E-state index in [4.69, 9.17) is 14.6 Å². The molecule has 1 aliphatic heterocycles. The molecule has 1 saturated heterocycles. The van der Waals surface area contributed by atoms with E-state index in [1.165, 1.54) is 6.08 Å². The number of benzene rings is 1. The quantitative estimate of drug-likeness (QED) is 0.574. The summed E-state index contributed by atoms with van der Waals surface area (Å²) in [4.78, 5) is 0. The van der Waals surface area contributed by atoms with Gasteiger partial charge in [0.1, 0.15) is 11.5 Å². The van der Waals surface area contributed by atoms with Gasteiger partial charge in [-0.05, 0) is 37.5 Å². The SMILES string of the molecule is CC/C=C(\C(O)=C/CO)C1(c2ccccc2O)OCCCCO1. The third kappa shape index (κ3) is 3.75. The molecule has 0 unspecified atom stereocenters. The average Bonchev–Trinajstić information content (AvgIpc) is 2.80. The molecule has 1 aromatic carbocycles. The molecule has 0 bridgehead atoms. The van der Waals surface area contributed by atoms with E-state index < -0.39 is 5.79 Å². The summed E-state index contributed by atoms with van der Waals surface area (Å²) < 4.78 is 12.0. The third-order valence-electron chi connectivity index (χ3n) is 3.73. The fourth-order valence-electron chi connectivity index (χ4n) is 2.69. The van der Waals surface area contributed by atoms with Crippen molar-refractivity contribution in [2.75, 3.05) is 19.8 Å². The summed E-state index contributed by atoms with van der Waals surface area (Å²) in [5, 5.41) is 29.8. The molecule has 2 rings (SSSR count). The minimum atomic E-state index is -1.38. The van der Waals surface area contributed by atoms with Crippen LogP contribution in [0.25, 0.3) is 0 Å². The first-order chi connectivity index (χ1) is 11.2. The molecule has 1 fully saturated rings. The first-order valence-electron chi connectivity index (χ1n) is 7.93. The largest absolute Gasteiger partial charge is 0.508 e. The Morgan fingerprint density at radius 1 is 1.17 bits per heavy atom. The fourth-order valence-corrected chi connectivity index (χ4v) is 2.69. The van der Waals surface area contributed by atoms with E-state index in [2.05, 4.69) is 0 Å². The smallest absolute Gasteiger partial charge is 0.229 e. The van der Waals surface area contributed by atoms with E-state index in [1.807, 2.05) is 6.92 Å². The second kappa shape index (κ2) is 8.15. The highest BCUT2D eigenvalue weighted by atomic mass is 16.7. The molecule has 3 N–H and O–H groups in total. The summed E-state index contributed by atoms with van der Waals surface area (Å²) in [5.74, 6) is -1.46. The van der Waals surface area contributed by atoms with Crippen molar-refractivity contribution in [1.82, 2.24) is 0 Å². The number of phenolic OH excluding ortho intramolecular Hbond substituents is 1. The Bertz CT molecular complexity index is 569. The molecule has 0 atom stereocenters. The van der Waals surface area contributed by atoms with Crippen LogP contribution in [-0.2, 0) is 15.3 Å². The first kappa shape index (κ1) is 17.5. The number of ether oxygens (including phenoxy) is 2. The number of rotatable bonds is 5. The van der Waals surface area contributed by atoms with Crippen LogP contribution in [-0.4, -0.2) is 35.1 Å². The van der Waals surface area contributed by atoms with Gasteiger partial charge in [0, 0.05) is 0 Å². The molecule has 1 aromatic rings. The van der Waals surface area contributed by atoms with Crippen molar-refractivity contribution >= 4 is 0 Å². The highest BCUT2D eigenvalue weighted by Crippen LogP contribution is 2.43. The summed E-state index contributed by atoms with van der Waals surface area (Å²) >= 11 is 0. The van der Waals surface area contributed by atoms with Gasteiger partial charge in [0.15, 0.2) is 0 Å². The minimum absolute atomic E-state index is 0.0354. The lowest BCUT2D eigenvalue weighted by Gasteiger charge is -2.35. The Balaban J connectivity index is 2.63. The number of aliphatic hydroxyl groups is 2. The number of hydrogen-bond donors (Lipinski definition) is 3. The van der Waals surface area contributed by atoms with Crippen LogP contribution in [0.15, 0.2) is 47.7 Å². The molecule has 0 aliphatic carbocycles. The highest BCUT2D eigenvalue weighted by Gasteiger charge is 2.43. The molecule has 5 heteroatoms. The van der Waals surface area contributed by atoms with Crippen LogP contribution in [0.1, 0.15) is 31.7 Å². The van der Waals surface area contributed by atoms with Gasteiger partial charge in [-0.15, -0.1) is 0 Å². The second-order valence-corrected chi connectivity index (χ2v) is 5.34. The standard InChI is InChI=1S/C18H24O5/c1-2-7-14(17(21)10-11-19)18(22-12-5-6-13-23-18)15-8-3-4-9-16(15)20/h3-4,7-10,19-21H,2,5-6,11-13H2,1H3/b14-7+,17-10+. The van der Waals surface area contributed by atoms with Gasteiger partial charge in [-0.2, -0.15) is 0 Å². The number of aromatic hydroxyl groups is 1. The van der Waals surface area contributed by atoms with E-state index in [0.717, 1.165) is 12.8 Å². The molecule has 0 amide bonds. The Morgan fingerprint density at radius 2 is 1.83 bits per heavy atom. The molecular formula is C18H24O5. The van der Waals surface area contributed by atoms with Crippen LogP contribution in [0.2, 0.25) is 0 Å². The molecule has 1 aliphatic rings. The number of hydrogen-bond acceptors (Lipinski definition) is 5. The Kier molecular flexibility index (Phi) is 6.21. The summed E-state index contributed by atoms with van der Waals surface area (Å²) in [5.41, 5.74) is 0.844. The zero-order chi connectivity index (χ0) is 16.7. The Labute approximate surface area is 136 Å². The van der Waals surface area contributed by atoms with Gasteiger partial charge in [-0.1, -0.05) is 25.1 Å². The van der Waals surface area contributed by atoms with Gasteiger partial charge in [-0.3, -0.25) is 0 Å². The lowest BCUT2D eigenvalue weighted by molar-refractivity contribution is -0.208. The molecule has 23 heavy (non-hydrogen) atoms. The van der Waals surface area contributed by atoms with Gasteiger partial charge in [0.25, 0.3) is 0 Å². The van der Waals surface area contributed by atoms with E-state index in [9.17, 15) is 10.2 Å². The summed E-state index contributed by atoms with van der Waals surface area (Å²) in [6.45, 7) is 2.52. The van der Waals surface area contributed by atoms with Crippen molar-refractivity contribution in [2.45, 2.75) is 32.0 Å². The van der Waals surface area contributed by atoms with Crippen molar-refractivity contribution < 1.29 is 24.8 Å². The maximum absolute atomic E-state index is 10.4. The molecule has 0 aromatic heterocycles. The van der Waals surface area contributed by atoms with Crippen LogP contribution in [0.5, 0.6) is 5.75 Å². The maximum atomic E-state index is 10.4. The van der Waals surface area contributed by atoms with Crippen molar-refractivity contribution in [2.24, 2.45) is 0 Å². The normalized spacial score (nSPS) is 19.4. The zero-order valence-corrected chi connectivity index (χ0v) is 13.4. The van der Waals surface area contributed by atoms with Crippen LogP contribution in [0.3, 0.4) is 0 Å². The Morgan fingerprint density at radius 3 is 2.39 bits per heavy atom. The van der Waals surface area contributed by atoms with Gasteiger partial charge in [-0.25, -0.2) is 0 Å². The van der Waals surface area contributed by atoms with Gasteiger partial charge in [0.05, 0.1) is 31.0 Å². The molecule has 126 valence electrons. The Hall–Kier alpha value is -1.82. The maximum Gasteiger partial charge on any atom is 0.229 e. The van der Waals surface area contributed by atoms with E-state index >= 15 is 0 Å². The predicted octanol–water partition coefficient (Wildman–Crippen LogP) is 3.14. The second-order valence-electron chi connectivity index (χ2n) is 5.34. The molecule has 0 spiro atoms. The third-order valence-corrected chi connectivity index (χ3v) is 3.73. The van der Waals surface area contributed by atoms with Gasteiger partial charge < -0.3 is 24.8 Å². The summed E-state index contributed by atoms with van der Waals surface area (Å²) in [7, 11) is 0. The van der Waals surface area contributed by atoms with Gasteiger partial charge >= 0.3 is 0 Å². The molecule has 5 nitrogen and oxygen atoms in total. The van der Waals surface area contributed by atoms with E-state index in [0.29, 0.717) is 30.8 Å². The minimum Gasteiger partial charge on any atom is -0.508 e.